The number of alkyl carbamates (subject to hydrolysis) is 1. The molecule has 6 heteroatoms. The Morgan fingerprint density at radius 1 is 1.50 bits per heavy atom. The molecule has 0 aliphatic rings. The van der Waals surface area contributed by atoms with E-state index < -0.39 is 11.7 Å². The summed E-state index contributed by atoms with van der Waals surface area (Å²) < 4.78 is 7.05. The zero-order chi connectivity index (χ0) is 16.8. The number of nitrogens with one attached hydrogen (secondary N) is 2. The number of ether oxygens (including phenoxy) is 1. The molecule has 1 aromatic heterocycles. The summed E-state index contributed by atoms with van der Waals surface area (Å²) in [5.41, 5.74) is 1.19. The highest BCUT2D eigenvalue weighted by Crippen LogP contribution is 2.08. The summed E-state index contributed by atoms with van der Waals surface area (Å²) in [6, 6.07) is 4.00. The molecule has 122 valence electrons. The molecule has 0 saturated carbocycles. The average Bonchev–Trinajstić information content (AvgIpc) is 2.75. The fourth-order valence-electron chi connectivity index (χ4n) is 2.00. The second kappa shape index (κ2) is 7.85. The first-order chi connectivity index (χ1) is 10.2. The lowest BCUT2D eigenvalue weighted by Crippen LogP contribution is -2.43. The first-order valence-electron chi connectivity index (χ1n) is 7.50. The van der Waals surface area contributed by atoms with Crippen LogP contribution >= 0.6 is 0 Å². The Morgan fingerprint density at radius 3 is 2.68 bits per heavy atom. The van der Waals surface area contributed by atoms with Gasteiger partial charge in [0.2, 0.25) is 0 Å². The minimum atomic E-state index is -0.493. The molecule has 6 nitrogen and oxygen atoms in total. The van der Waals surface area contributed by atoms with Gasteiger partial charge >= 0.3 is 6.09 Å². The monoisotopic (exact) mass is 306 g/mol. The van der Waals surface area contributed by atoms with Crippen LogP contribution in [0.25, 0.3) is 0 Å². The summed E-state index contributed by atoms with van der Waals surface area (Å²) in [7, 11) is 1.85. The average molecular weight is 306 g/mol. The van der Waals surface area contributed by atoms with E-state index in [0.29, 0.717) is 18.8 Å². The number of carbonyl (C=O) groups excluding carboxylic acids is 1. The second-order valence-corrected chi connectivity index (χ2v) is 6.34. The third-order valence-electron chi connectivity index (χ3n) is 3.11. The highest BCUT2D eigenvalue weighted by Gasteiger charge is 2.18. The maximum Gasteiger partial charge on any atom is 0.407 e. The molecule has 0 aliphatic carbocycles. The largest absolute Gasteiger partial charge is 0.444 e. The van der Waals surface area contributed by atoms with Gasteiger partial charge < -0.3 is 19.9 Å². The van der Waals surface area contributed by atoms with Crippen LogP contribution in [0.1, 0.15) is 45.4 Å². The van der Waals surface area contributed by atoms with Crippen molar-refractivity contribution < 1.29 is 9.53 Å². The summed E-state index contributed by atoms with van der Waals surface area (Å²) in [5.74, 6) is 0. The van der Waals surface area contributed by atoms with Crippen molar-refractivity contribution in [3.63, 3.8) is 0 Å². The highest BCUT2D eigenvalue weighted by molar-refractivity contribution is 5.68. The first kappa shape index (κ1) is 18.1. The van der Waals surface area contributed by atoms with Crippen LogP contribution in [0.3, 0.4) is 0 Å². The summed E-state index contributed by atoms with van der Waals surface area (Å²) in [6.45, 7) is 8.84. The van der Waals surface area contributed by atoms with Gasteiger partial charge in [0.15, 0.2) is 0 Å². The molecule has 1 amide bonds. The Bertz CT molecular complexity index is 537. The maximum atomic E-state index is 11.7. The molecule has 0 aliphatic heterocycles. The minimum Gasteiger partial charge on any atom is -0.444 e. The van der Waals surface area contributed by atoms with E-state index in [0.717, 1.165) is 12.0 Å². The van der Waals surface area contributed by atoms with Gasteiger partial charge in [0, 0.05) is 32.4 Å². The molecule has 0 spiro atoms. The smallest absolute Gasteiger partial charge is 0.407 e. The first-order valence-corrected chi connectivity index (χ1v) is 7.50. The van der Waals surface area contributed by atoms with Gasteiger partial charge in [-0.1, -0.05) is 6.92 Å². The number of hydrogen-bond donors (Lipinski definition) is 2. The zero-order valence-electron chi connectivity index (χ0n) is 14.1. The number of amides is 1. The van der Waals surface area contributed by atoms with Gasteiger partial charge in [-0.3, -0.25) is 0 Å². The molecule has 0 radical (unpaired) electrons. The van der Waals surface area contributed by atoms with Gasteiger partial charge in [0.25, 0.3) is 0 Å². The number of nitriles is 1. The van der Waals surface area contributed by atoms with Crippen LogP contribution < -0.4 is 10.6 Å². The summed E-state index contributed by atoms with van der Waals surface area (Å²) in [6.07, 6.45) is 2.34. The second-order valence-electron chi connectivity index (χ2n) is 6.34. The van der Waals surface area contributed by atoms with E-state index in [1.807, 2.05) is 47.0 Å². The lowest BCUT2D eigenvalue weighted by atomic mass is 10.2. The molecule has 0 fully saturated rings. The van der Waals surface area contributed by atoms with Crippen LogP contribution in [0, 0.1) is 11.3 Å². The number of carbonyl (C=O) groups is 1. The summed E-state index contributed by atoms with van der Waals surface area (Å²) in [5, 5.41) is 15.1. The van der Waals surface area contributed by atoms with Crippen molar-refractivity contribution in [1.82, 2.24) is 15.2 Å². The van der Waals surface area contributed by atoms with E-state index in [9.17, 15) is 4.79 Å². The molecular weight excluding hydrogens is 280 g/mol. The molecule has 0 aromatic carbocycles. The minimum absolute atomic E-state index is 0.00833. The van der Waals surface area contributed by atoms with Gasteiger partial charge in [0.05, 0.1) is 0 Å². The van der Waals surface area contributed by atoms with Crippen LogP contribution in [0.5, 0.6) is 0 Å². The molecule has 1 aromatic rings. The van der Waals surface area contributed by atoms with Gasteiger partial charge in [-0.25, -0.2) is 4.79 Å². The van der Waals surface area contributed by atoms with Crippen molar-refractivity contribution in [3.8, 4) is 6.07 Å². The predicted octanol–water partition coefficient (Wildman–Crippen LogP) is 2.29. The number of nitrogens with zero attached hydrogens (tertiary/aromatic N) is 2. The lowest BCUT2D eigenvalue weighted by molar-refractivity contribution is 0.0502. The van der Waals surface area contributed by atoms with Crippen molar-refractivity contribution in [3.05, 3.63) is 23.5 Å². The molecule has 1 heterocycles. The molecule has 2 N–H and O–H groups in total. The highest BCUT2D eigenvalue weighted by atomic mass is 16.6. The van der Waals surface area contributed by atoms with E-state index >= 15 is 0 Å². The van der Waals surface area contributed by atoms with E-state index in [1.54, 1.807) is 4.57 Å². The van der Waals surface area contributed by atoms with Crippen LogP contribution in [0.2, 0.25) is 0 Å². The van der Waals surface area contributed by atoms with Gasteiger partial charge in [-0.05, 0) is 38.8 Å². The number of hydrogen-bond acceptors (Lipinski definition) is 4. The Balaban J connectivity index is 2.40. The van der Waals surface area contributed by atoms with Crippen molar-refractivity contribution in [1.29, 1.82) is 5.26 Å². The molecule has 0 saturated heterocycles. The molecule has 1 unspecified atom stereocenters. The molecule has 22 heavy (non-hydrogen) atoms. The van der Waals surface area contributed by atoms with Crippen LogP contribution in [0.4, 0.5) is 4.79 Å². The van der Waals surface area contributed by atoms with E-state index in [4.69, 9.17) is 10.00 Å². The fraction of sp³-hybridized carbons (Fsp3) is 0.625. The molecule has 1 atom stereocenters. The van der Waals surface area contributed by atoms with E-state index in [2.05, 4.69) is 16.7 Å². The Hall–Kier alpha value is -2.00. The third kappa shape index (κ3) is 6.19. The topological polar surface area (TPSA) is 79.1 Å². The number of aromatic nitrogens is 1. The lowest BCUT2D eigenvalue weighted by Gasteiger charge is -2.23. The Kier molecular flexibility index (Phi) is 6.44. The quantitative estimate of drug-likeness (QED) is 0.845. The fourth-order valence-corrected chi connectivity index (χ4v) is 2.00. The van der Waals surface area contributed by atoms with Gasteiger partial charge in [-0.2, -0.15) is 5.26 Å². The molecule has 0 bridgehead atoms. The number of aryl methyl sites for hydroxylation is 1. The SMILES string of the molecule is CCC(CNCc1cc(C#N)n(C)c1)NC(=O)OC(C)(C)C. The van der Waals surface area contributed by atoms with Crippen LogP contribution in [-0.4, -0.2) is 28.8 Å². The van der Waals surface area contributed by atoms with Gasteiger partial charge in [0.1, 0.15) is 17.4 Å². The maximum absolute atomic E-state index is 11.7. The van der Waals surface area contributed by atoms with Crippen LogP contribution in [-0.2, 0) is 18.3 Å². The normalized spacial score (nSPS) is 12.5. The standard InChI is InChI=1S/C16H26N4O2/c1-6-13(19-15(21)22-16(2,3)4)10-18-9-12-7-14(8-17)20(5)11-12/h7,11,13,18H,6,9-10H2,1-5H3,(H,19,21). The third-order valence-corrected chi connectivity index (χ3v) is 3.11. The van der Waals surface area contributed by atoms with Crippen molar-refractivity contribution in [2.24, 2.45) is 7.05 Å². The predicted molar refractivity (Wildman–Crippen MR) is 85.3 cm³/mol. The Labute approximate surface area is 132 Å². The Morgan fingerprint density at radius 2 is 2.18 bits per heavy atom. The van der Waals surface area contributed by atoms with E-state index in [-0.39, 0.29) is 6.04 Å². The van der Waals surface area contributed by atoms with Gasteiger partial charge in [-0.15, -0.1) is 0 Å². The molecular formula is C16H26N4O2. The van der Waals surface area contributed by atoms with Crippen LogP contribution in [0.15, 0.2) is 12.3 Å². The van der Waals surface area contributed by atoms with Crippen molar-refractivity contribution in [2.45, 2.75) is 52.3 Å². The number of rotatable bonds is 6. The van der Waals surface area contributed by atoms with Crippen molar-refractivity contribution in [2.75, 3.05) is 6.54 Å². The summed E-state index contributed by atoms with van der Waals surface area (Å²) >= 11 is 0. The van der Waals surface area contributed by atoms with Crippen molar-refractivity contribution >= 4 is 6.09 Å². The molecule has 1 rings (SSSR count). The summed E-state index contributed by atoms with van der Waals surface area (Å²) in [4.78, 5) is 11.7. The zero-order valence-corrected chi connectivity index (χ0v) is 14.1. The van der Waals surface area contributed by atoms with E-state index in [1.165, 1.54) is 0 Å².